The van der Waals surface area contributed by atoms with Crippen LogP contribution in [-0.2, 0) is 9.47 Å². The molecule has 2 aliphatic heterocycles. The van der Waals surface area contributed by atoms with Gasteiger partial charge in [-0.25, -0.2) is 0 Å². The summed E-state index contributed by atoms with van der Waals surface area (Å²) in [5.41, 5.74) is 0.724. The zero-order chi connectivity index (χ0) is 29.1. The number of phenols is 2. The van der Waals surface area contributed by atoms with Crippen molar-refractivity contribution in [1.82, 2.24) is 0 Å². The number of aliphatic hydroxyl groups excluding tert-OH is 8. The van der Waals surface area contributed by atoms with E-state index in [0.29, 0.717) is 11.1 Å². The molecule has 10 atom stereocenters. The van der Waals surface area contributed by atoms with Gasteiger partial charge in [0.05, 0.1) is 13.2 Å². The summed E-state index contributed by atoms with van der Waals surface area (Å²) in [7, 11) is 0. The second kappa shape index (κ2) is 12.7. The predicted molar refractivity (Wildman–Crippen MR) is 134 cm³/mol. The fraction of sp³-hybridized carbons (Fsp3) is 0.462. The van der Waals surface area contributed by atoms with E-state index in [4.69, 9.17) is 18.9 Å². The van der Waals surface area contributed by atoms with Crippen LogP contribution in [0.5, 0.6) is 23.0 Å². The average Bonchev–Trinajstić information content (AvgIpc) is 2.93. The van der Waals surface area contributed by atoms with Gasteiger partial charge >= 0.3 is 0 Å². The standard InChI is InChI=1S/C26H32O14/c27-9-17-19(31)21(33)23(35)25(39-17)37-14-4-3-12(16(30)8-14)2-1-11-5-13(29)7-15(6-11)38-26-24(36)22(34)20(32)18(10-28)40-26/h1-8,17-36H,9-10H2/b2-1+/t17-,18-,19+,20+,21+,22+,23-,24-,25-,26-/m1/s1. The fourth-order valence-corrected chi connectivity index (χ4v) is 4.29. The number of hydrogen-bond donors (Lipinski definition) is 10. The van der Waals surface area contributed by atoms with Gasteiger partial charge in [0.15, 0.2) is 0 Å². The van der Waals surface area contributed by atoms with Crippen LogP contribution in [0.25, 0.3) is 12.2 Å². The van der Waals surface area contributed by atoms with Crippen LogP contribution < -0.4 is 9.47 Å². The normalized spacial score (nSPS) is 34.6. The lowest BCUT2D eigenvalue weighted by molar-refractivity contribution is -0.277. The molecule has 2 aromatic rings. The van der Waals surface area contributed by atoms with E-state index >= 15 is 0 Å². The van der Waals surface area contributed by atoms with Gasteiger partial charge in [-0.2, -0.15) is 0 Å². The largest absolute Gasteiger partial charge is 0.508 e. The lowest BCUT2D eigenvalue weighted by Gasteiger charge is -2.39. The third-order valence-corrected chi connectivity index (χ3v) is 6.57. The van der Waals surface area contributed by atoms with Crippen molar-refractivity contribution >= 4 is 12.2 Å². The summed E-state index contributed by atoms with van der Waals surface area (Å²) in [5, 5.41) is 99.2. The minimum Gasteiger partial charge on any atom is -0.508 e. The highest BCUT2D eigenvalue weighted by Crippen LogP contribution is 2.31. The van der Waals surface area contributed by atoms with Crippen molar-refractivity contribution in [2.75, 3.05) is 13.2 Å². The third-order valence-electron chi connectivity index (χ3n) is 6.57. The van der Waals surface area contributed by atoms with Crippen LogP contribution in [0, 0.1) is 0 Å². The molecule has 14 heteroatoms. The Morgan fingerprint density at radius 3 is 1.70 bits per heavy atom. The number of phenolic OH excluding ortho intramolecular Hbond substituents is 2. The molecule has 0 bridgehead atoms. The Kier molecular flexibility index (Phi) is 9.48. The minimum absolute atomic E-state index is 0.0384. The Bertz CT molecular complexity index is 1170. The zero-order valence-corrected chi connectivity index (χ0v) is 20.9. The number of rotatable bonds is 8. The van der Waals surface area contributed by atoms with E-state index in [1.54, 1.807) is 0 Å². The lowest BCUT2D eigenvalue weighted by Crippen LogP contribution is -2.60. The maximum atomic E-state index is 10.5. The van der Waals surface area contributed by atoms with E-state index in [-0.39, 0.29) is 23.0 Å². The van der Waals surface area contributed by atoms with Crippen molar-refractivity contribution in [2.45, 2.75) is 61.4 Å². The summed E-state index contributed by atoms with van der Waals surface area (Å²) in [6, 6.07) is 8.20. The van der Waals surface area contributed by atoms with Gasteiger partial charge in [-0.1, -0.05) is 12.2 Å². The van der Waals surface area contributed by atoms with Crippen LogP contribution in [0.2, 0.25) is 0 Å². The van der Waals surface area contributed by atoms with Crippen LogP contribution in [0.3, 0.4) is 0 Å². The van der Waals surface area contributed by atoms with Crippen LogP contribution >= 0.6 is 0 Å². The Balaban J connectivity index is 1.45. The maximum Gasteiger partial charge on any atom is 0.229 e. The fourth-order valence-electron chi connectivity index (χ4n) is 4.29. The lowest BCUT2D eigenvalue weighted by atomic mass is 9.99. The molecule has 220 valence electrons. The summed E-state index contributed by atoms with van der Waals surface area (Å²) in [6.45, 7) is -1.25. The van der Waals surface area contributed by atoms with Crippen molar-refractivity contribution in [2.24, 2.45) is 0 Å². The molecule has 2 saturated heterocycles. The van der Waals surface area contributed by atoms with Gasteiger partial charge in [-0.3, -0.25) is 0 Å². The molecule has 0 spiro atoms. The Hall–Kier alpha value is -3.02. The summed E-state index contributed by atoms with van der Waals surface area (Å²) in [5.74, 6) is -0.353. The van der Waals surface area contributed by atoms with E-state index in [1.807, 2.05) is 0 Å². The molecule has 0 saturated carbocycles. The van der Waals surface area contributed by atoms with Gasteiger partial charge in [0.25, 0.3) is 0 Å². The monoisotopic (exact) mass is 568 g/mol. The van der Waals surface area contributed by atoms with Crippen molar-refractivity contribution in [1.29, 1.82) is 0 Å². The van der Waals surface area contributed by atoms with Crippen LogP contribution in [0.1, 0.15) is 11.1 Å². The maximum absolute atomic E-state index is 10.5. The van der Waals surface area contributed by atoms with Gasteiger partial charge < -0.3 is 70.0 Å². The van der Waals surface area contributed by atoms with Gasteiger partial charge in [0, 0.05) is 17.7 Å². The quantitative estimate of drug-likeness (QED) is 0.150. The second-order valence-electron chi connectivity index (χ2n) is 9.44. The van der Waals surface area contributed by atoms with Crippen molar-refractivity contribution in [3.05, 3.63) is 47.5 Å². The smallest absolute Gasteiger partial charge is 0.229 e. The van der Waals surface area contributed by atoms with Gasteiger partial charge in [-0.15, -0.1) is 0 Å². The molecule has 0 aromatic heterocycles. The molecule has 2 fully saturated rings. The van der Waals surface area contributed by atoms with Gasteiger partial charge in [0.1, 0.15) is 71.8 Å². The highest BCUT2D eigenvalue weighted by molar-refractivity contribution is 5.74. The Labute approximate surface area is 227 Å². The molecular weight excluding hydrogens is 536 g/mol. The first kappa shape index (κ1) is 30.0. The number of aromatic hydroxyl groups is 2. The molecule has 0 amide bonds. The second-order valence-corrected chi connectivity index (χ2v) is 9.44. The van der Waals surface area contributed by atoms with Crippen molar-refractivity contribution < 1.29 is 70.0 Å². The third kappa shape index (κ3) is 6.47. The summed E-state index contributed by atoms with van der Waals surface area (Å²) in [4.78, 5) is 0. The number of hydrogen-bond acceptors (Lipinski definition) is 14. The molecule has 0 radical (unpaired) electrons. The van der Waals surface area contributed by atoms with Gasteiger partial charge in [-0.05, 0) is 29.8 Å². The van der Waals surface area contributed by atoms with E-state index in [1.165, 1.54) is 48.6 Å². The highest BCUT2D eigenvalue weighted by atomic mass is 16.7. The van der Waals surface area contributed by atoms with Crippen LogP contribution in [-0.4, -0.2) is 126 Å². The van der Waals surface area contributed by atoms with Crippen molar-refractivity contribution in [3.63, 3.8) is 0 Å². The molecule has 0 aliphatic carbocycles. The number of benzene rings is 2. The summed E-state index contributed by atoms with van der Waals surface area (Å²) >= 11 is 0. The highest BCUT2D eigenvalue weighted by Gasteiger charge is 2.45. The SMILES string of the molecule is OC[C@H]1O[C@@H](Oc2cc(O)cc(/C=C/c3ccc(O[C@@H]4O[C@H](CO)[C@H](O)[C@H](O)[C@H]4O)cc3O)c2)[C@H](O)[C@@H](O)[C@H]1O. The molecular formula is C26H32O14. The number of aliphatic hydroxyl groups is 8. The molecule has 0 unspecified atom stereocenters. The van der Waals surface area contributed by atoms with E-state index < -0.39 is 74.6 Å². The van der Waals surface area contributed by atoms with Crippen LogP contribution in [0.15, 0.2) is 36.4 Å². The molecule has 4 rings (SSSR count). The minimum atomic E-state index is -1.64. The van der Waals surface area contributed by atoms with Crippen molar-refractivity contribution in [3.8, 4) is 23.0 Å². The van der Waals surface area contributed by atoms with Gasteiger partial charge in [0.2, 0.25) is 12.6 Å². The summed E-state index contributed by atoms with van der Waals surface area (Å²) in [6.07, 6.45) is -11.8. The van der Waals surface area contributed by atoms with E-state index in [9.17, 15) is 51.1 Å². The van der Waals surface area contributed by atoms with E-state index in [0.717, 1.165) is 0 Å². The molecule has 2 aliphatic rings. The molecule has 14 nitrogen and oxygen atoms in total. The molecule has 2 aromatic carbocycles. The molecule has 10 N–H and O–H groups in total. The topological polar surface area (TPSA) is 239 Å². The first-order valence-corrected chi connectivity index (χ1v) is 12.3. The first-order valence-electron chi connectivity index (χ1n) is 12.3. The average molecular weight is 569 g/mol. The predicted octanol–water partition coefficient (Wildman–Crippen LogP) is -2.37. The van der Waals surface area contributed by atoms with E-state index in [2.05, 4.69) is 0 Å². The molecule has 40 heavy (non-hydrogen) atoms. The Morgan fingerprint density at radius 1 is 0.625 bits per heavy atom. The first-order chi connectivity index (χ1) is 19.0. The molecule has 2 heterocycles. The van der Waals surface area contributed by atoms with Crippen LogP contribution in [0.4, 0.5) is 0 Å². The zero-order valence-electron chi connectivity index (χ0n) is 20.9. The Morgan fingerprint density at radius 2 is 1.18 bits per heavy atom. The number of ether oxygens (including phenoxy) is 4. The summed E-state index contributed by atoms with van der Waals surface area (Å²) < 4.78 is 21.6.